The maximum absolute atomic E-state index is 12.7. The Labute approximate surface area is 178 Å². The third kappa shape index (κ3) is 5.00. The van der Waals surface area contributed by atoms with Crippen LogP contribution in [0.1, 0.15) is 37.3 Å². The van der Waals surface area contributed by atoms with E-state index in [4.69, 9.17) is 4.74 Å². The first kappa shape index (κ1) is 20.4. The number of carbonyl (C=O) groups excluding carboxylic acids is 1. The lowest BCUT2D eigenvalue weighted by Gasteiger charge is -2.27. The quantitative estimate of drug-likeness (QED) is 0.611. The summed E-state index contributed by atoms with van der Waals surface area (Å²) in [4.78, 5) is 15.2. The minimum absolute atomic E-state index is 0.101. The molecule has 0 aliphatic carbocycles. The maximum Gasteiger partial charge on any atom is 0.261 e. The van der Waals surface area contributed by atoms with E-state index >= 15 is 0 Å². The Balaban J connectivity index is 1.37. The van der Waals surface area contributed by atoms with E-state index < -0.39 is 6.10 Å². The van der Waals surface area contributed by atoms with Crippen LogP contribution in [0.2, 0.25) is 0 Å². The fourth-order valence-electron chi connectivity index (χ4n) is 4.11. The van der Waals surface area contributed by atoms with Gasteiger partial charge in [-0.3, -0.25) is 9.69 Å². The summed E-state index contributed by atoms with van der Waals surface area (Å²) < 4.78 is 6.01. The zero-order valence-electron chi connectivity index (χ0n) is 17.6. The van der Waals surface area contributed by atoms with Gasteiger partial charge in [0.1, 0.15) is 5.75 Å². The molecule has 1 atom stereocenters. The van der Waals surface area contributed by atoms with Gasteiger partial charge < -0.3 is 10.1 Å². The molecule has 4 heteroatoms. The number of amides is 1. The molecule has 1 aliphatic heterocycles. The molecule has 4 nitrogen and oxygen atoms in total. The highest BCUT2D eigenvalue weighted by Gasteiger charge is 2.17. The number of hydrogen-bond donors (Lipinski definition) is 1. The highest BCUT2D eigenvalue weighted by Crippen LogP contribution is 2.26. The lowest BCUT2D eigenvalue weighted by molar-refractivity contribution is -0.127. The molecule has 1 N–H and O–H groups in total. The molecule has 4 rings (SSSR count). The third-order valence-electron chi connectivity index (χ3n) is 5.84. The molecule has 0 spiro atoms. The smallest absolute Gasteiger partial charge is 0.261 e. The molecule has 0 radical (unpaired) electrons. The van der Waals surface area contributed by atoms with E-state index in [0.29, 0.717) is 6.54 Å². The second kappa shape index (κ2) is 9.77. The van der Waals surface area contributed by atoms with Crippen molar-refractivity contribution in [3.05, 3.63) is 77.9 Å². The van der Waals surface area contributed by atoms with E-state index in [1.807, 2.05) is 48.5 Å². The van der Waals surface area contributed by atoms with E-state index in [9.17, 15) is 4.79 Å². The number of hydrogen-bond acceptors (Lipinski definition) is 3. The van der Waals surface area contributed by atoms with Crippen molar-refractivity contribution >= 4 is 16.7 Å². The maximum atomic E-state index is 12.7. The Hall–Kier alpha value is -2.85. The average Bonchev–Trinajstić information content (AvgIpc) is 2.79. The lowest BCUT2D eigenvalue weighted by Crippen LogP contribution is -2.36. The largest absolute Gasteiger partial charge is 0.480 e. The molecule has 0 unspecified atom stereocenters. The standard InChI is InChI=1S/C26H30N2O2/c1-20(30-25-15-9-13-21-10-5-6-14-24(21)25)26(29)27-18-22-11-3-4-12-23(22)19-28-16-7-2-8-17-28/h3-6,9-15,20H,2,7-8,16-19H2,1H3,(H,27,29)/t20-/m1/s1. The summed E-state index contributed by atoms with van der Waals surface area (Å²) >= 11 is 0. The van der Waals surface area contributed by atoms with Crippen LogP contribution in [0.15, 0.2) is 66.7 Å². The topological polar surface area (TPSA) is 41.6 Å². The second-order valence-corrected chi connectivity index (χ2v) is 8.06. The Kier molecular flexibility index (Phi) is 6.65. The Morgan fingerprint density at radius 1 is 0.933 bits per heavy atom. The van der Waals surface area contributed by atoms with Crippen LogP contribution in [0, 0.1) is 0 Å². The molecule has 1 saturated heterocycles. The van der Waals surface area contributed by atoms with Gasteiger partial charge in [0.05, 0.1) is 0 Å². The van der Waals surface area contributed by atoms with Crippen LogP contribution in [0.5, 0.6) is 5.75 Å². The van der Waals surface area contributed by atoms with Crippen molar-refractivity contribution in [1.29, 1.82) is 0 Å². The van der Waals surface area contributed by atoms with Crippen LogP contribution < -0.4 is 10.1 Å². The monoisotopic (exact) mass is 402 g/mol. The molecule has 1 fully saturated rings. The van der Waals surface area contributed by atoms with E-state index in [1.54, 1.807) is 6.92 Å². The molecule has 1 aliphatic rings. The Morgan fingerprint density at radius 2 is 1.63 bits per heavy atom. The van der Waals surface area contributed by atoms with Crippen LogP contribution in [-0.2, 0) is 17.9 Å². The first-order valence-electron chi connectivity index (χ1n) is 10.9. The van der Waals surface area contributed by atoms with Gasteiger partial charge in [-0.15, -0.1) is 0 Å². The van der Waals surface area contributed by atoms with Gasteiger partial charge in [-0.1, -0.05) is 67.1 Å². The Morgan fingerprint density at radius 3 is 2.47 bits per heavy atom. The highest BCUT2D eigenvalue weighted by molar-refractivity contribution is 5.89. The number of carbonyl (C=O) groups is 1. The lowest BCUT2D eigenvalue weighted by atomic mass is 10.0. The van der Waals surface area contributed by atoms with Gasteiger partial charge >= 0.3 is 0 Å². The van der Waals surface area contributed by atoms with E-state index in [-0.39, 0.29) is 5.91 Å². The molecular weight excluding hydrogens is 372 g/mol. The summed E-state index contributed by atoms with van der Waals surface area (Å²) in [6, 6.07) is 22.4. The van der Waals surface area contributed by atoms with Crippen molar-refractivity contribution in [2.75, 3.05) is 13.1 Å². The van der Waals surface area contributed by atoms with Crippen LogP contribution in [-0.4, -0.2) is 30.0 Å². The van der Waals surface area contributed by atoms with Crippen LogP contribution in [0.25, 0.3) is 10.8 Å². The predicted octanol–water partition coefficient (Wildman–Crippen LogP) is 4.91. The molecule has 0 aromatic heterocycles. The van der Waals surface area contributed by atoms with Gasteiger partial charge in [-0.05, 0) is 55.4 Å². The molecule has 156 valence electrons. The summed E-state index contributed by atoms with van der Waals surface area (Å²) in [6.45, 7) is 5.60. The zero-order valence-corrected chi connectivity index (χ0v) is 17.6. The number of piperidine rings is 1. The number of rotatable bonds is 7. The summed E-state index contributed by atoms with van der Waals surface area (Å²) in [5.74, 6) is 0.636. The summed E-state index contributed by atoms with van der Waals surface area (Å²) in [7, 11) is 0. The molecule has 0 saturated carbocycles. The molecule has 30 heavy (non-hydrogen) atoms. The summed E-state index contributed by atoms with van der Waals surface area (Å²) in [5.41, 5.74) is 2.47. The molecule has 0 bridgehead atoms. The number of likely N-dealkylation sites (tertiary alicyclic amines) is 1. The van der Waals surface area contributed by atoms with Gasteiger partial charge in [-0.25, -0.2) is 0 Å². The first-order valence-corrected chi connectivity index (χ1v) is 10.9. The fraction of sp³-hybridized carbons (Fsp3) is 0.346. The number of nitrogens with zero attached hydrogens (tertiary/aromatic N) is 1. The minimum atomic E-state index is -0.565. The summed E-state index contributed by atoms with van der Waals surface area (Å²) in [6.07, 6.45) is 3.33. The van der Waals surface area contributed by atoms with Gasteiger partial charge in [0, 0.05) is 18.5 Å². The molecular formula is C26H30N2O2. The van der Waals surface area contributed by atoms with Crippen molar-refractivity contribution in [3.63, 3.8) is 0 Å². The van der Waals surface area contributed by atoms with E-state index in [2.05, 4.69) is 28.4 Å². The fourth-order valence-corrected chi connectivity index (χ4v) is 4.11. The van der Waals surface area contributed by atoms with Gasteiger partial charge in [0.15, 0.2) is 6.10 Å². The van der Waals surface area contributed by atoms with Crippen LogP contribution >= 0.6 is 0 Å². The number of benzene rings is 3. The van der Waals surface area contributed by atoms with Crippen LogP contribution in [0.3, 0.4) is 0 Å². The number of nitrogens with one attached hydrogen (secondary N) is 1. The summed E-state index contributed by atoms with van der Waals surface area (Å²) in [5, 5.41) is 5.19. The SMILES string of the molecule is C[C@@H](Oc1cccc2ccccc12)C(=O)NCc1ccccc1CN1CCCCC1. The first-order chi connectivity index (χ1) is 14.7. The molecule has 1 heterocycles. The van der Waals surface area contributed by atoms with Crippen molar-refractivity contribution in [2.45, 2.75) is 45.4 Å². The van der Waals surface area contributed by atoms with Crippen molar-refractivity contribution in [2.24, 2.45) is 0 Å². The molecule has 3 aromatic carbocycles. The molecule has 1 amide bonds. The zero-order chi connectivity index (χ0) is 20.8. The predicted molar refractivity (Wildman–Crippen MR) is 121 cm³/mol. The van der Waals surface area contributed by atoms with E-state index in [0.717, 1.165) is 36.2 Å². The van der Waals surface area contributed by atoms with E-state index in [1.165, 1.54) is 30.4 Å². The van der Waals surface area contributed by atoms with Crippen LogP contribution in [0.4, 0.5) is 0 Å². The second-order valence-electron chi connectivity index (χ2n) is 8.06. The van der Waals surface area contributed by atoms with Crippen molar-refractivity contribution in [1.82, 2.24) is 10.2 Å². The van der Waals surface area contributed by atoms with Gasteiger partial charge in [-0.2, -0.15) is 0 Å². The number of ether oxygens (including phenoxy) is 1. The van der Waals surface area contributed by atoms with Crippen molar-refractivity contribution < 1.29 is 9.53 Å². The number of fused-ring (bicyclic) bond motifs is 1. The van der Waals surface area contributed by atoms with Gasteiger partial charge in [0.2, 0.25) is 0 Å². The normalized spacial score (nSPS) is 15.6. The van der Waals surface area contributed by atoms with Crippen molar-refractivity contribution in [3.8, 4) is 5.75 Å². The average molecular weight is 403 g/mol. The highest BCUT2D eigenvalue weighted by atomic mass is 16.5. The Bertz CT molecular complexity index is 990. The van der Waals surface area contributed by atoms with Gasteiger partial charge in [0.25, 0.3) is 5.91 Å². The minimum Gasteiger partial charge on any atom is -0.480 e. The molecule has 3 aromatic rings. The third-order valence-corrected chi connectivity index (χ3v) is 5.84.